The van der Waals surface area contributed by atoms with Crippen molar-refractivity contribution < 1.29 is 0 Å². The van der Waals surface area contributed by atoms with Crippen LogP contribution >= 0.6 is 12.2 Å². The second-order valence-corrected chi connectivity index (χ2v) is 6.14. The zero-order valence-electron chi connectivity index (χ0n) is 13.7. The van der Waals surface area contributed by atoms with Gasteiger partial charge in [0, 0.05) is 29.2 Å². The number of nitriles is 1. The van der Waals surface area contributed by atoms with E-state index in [9.17, 15) is 5.26 Å². The Morgan fingerprint density at radius 2 is 2.00 bits per heavy atom. The quantitative estimate of drug-likeness (QED) is 0.446. The van der Waals surface area contributed by atoms with Crippen LogP contribution in [0.15, 0.2) is 66.2 Å². The van der Waals surface area contributed by atoms with Gasteiger partial charge in [0.15, 0.2) is 0 Å². The van der Waals surface area contributed by atoms with Gasteiger partial charge in [0.2, 0.25) is 4.77 Å². The predicted octanol–water partition coefficient (Wildman–Crippen LogP) is 3.70. The molecule has 0 spiro atoms. The molecule has 2 heterocycles. The van der Waals surface area contributed by atoms with Gasteiger partial charge in [-0.15, -0.1) is 0 Å². The molecule has 0 aliphatic carbocycles. The third-order valence-corrected chi connectivity index (χ3v) is 4.43. The average Bonchev–Trinajstić information content (AvgIpc) is 3.24. The summed E-state index contributed by atoms with van der Waals surface area (Å²) >= 11 is 5.11. The molecule has 4 rings (SSSR count). The third-order valence-electron chi connectivity index (χ3n) is 4.15. The van der Waals surface area contributed by atoms with Crippen molar-refractivity contribution in [3.05, 3.63) is 82.5 Å². The molecule has 0 aliphatic rings. The van der Waals surface area contributed by atoms with Crippen molar-refractivity contribution in [1.82, 2.24) is 19.4 Å². The molecule has 0 unspecified atom stereocenters. The number of nitrogens with one attached hydrogen (secondary N) is 1. The molecule has 0 amide bonds. The Labute approximate surface area is 154 Å². The molecular weight excluding hydrogens is 344 g/mol. The van der Waals surface area contributed by atoms with Gasteiger partial charge in [0.25, 0.3) is 0 Å². The van der Waals surface area contributed by atoms with Crippen molar-refractivity contribution in [3.63, 3.8) is 0 Å². The van der Waals surface area contributed by atoms with Crippen LogP contribution in [0.4, 0.5) is 0 Å². The van der Waals surface area contributed by atoms with Crippen molar-refractivity contribution in [2.24, 2.45) is 5.10 Å². The smallest absolute Gasteiger partial charge is 0.216 e. The summed E-state index contributed by atoms with van der Waals surface area (Å²) in [5.41, 5.74) is 3.72. The molecule has 126 valence electrons. The van der Waals surface area contributed by atoms with Gasteiger partial charge in [-0.2, -0.15) is 20.1 Å². The van der Waals surface area contributed by atoms with E-state index in [-0.39, 0.29) is 0 Å². The van der Waals surface area contributed by atoms with Gasteiger partial charge in [0.05, 0.1) is 17.8 Å². The lowest BCUT2D eigenvalue weighted by Gasteiger charge is -2.07. The molecular formula is C19H14N6S. The first kappa shape index (κ1) is 16.0. The summed E-state index contributed by atoms with van der Waals surface area (Å²) in [5, 5.41) is 21.3. The Morgan fingerprint density at radius 1 is 1.19 bits per heavy atom. The van der Waals surface area contributed by atoms with Crippen molar-refractivity contribution in [1.29, 1.82) is 5.26 Å². The van der Waals surface area contributed by atoms with Crippen molar-refractivity contribution in [2.45, 2.75) is 6.54 Å². The van der Waals surface area contributed by atoms with Crippen LogP contribution in [0.1, 0.15) is 16.7 Å². The van der Waals surface area contributed by atoms with Crippen LogP contribution < -0.4 is 0 Å². The van der Waals surface area contributed by atoms with E-state index in [1.54, 1.807) is 6.21 Å². The fourth-order valence-electron chi connectivity index (χ4n) is 2.91. The number of rotatable bonds is 4. The minimum Gasteiger partial charge on any atom is -0.342 e. The Bertz CT molecular complexity index is 1200. The predicted molar refractivity (Wildman–Crippen MR) is 103 cm³/mol. The summed E-state index contributed by atoms with van der Waals surface area (Å²) in [5.74, 6) is 0. The van der Waals surface area contributed by atoms with Gasteiger partial charge in [-0.3, -0.25) is 5.10 Å². The Morgan fingerprint density at radius 3 is 2.81 bits per heavy atom. The lowest BCUT2D eigenvalue weighted by atomic mass is 10.1. The molecule has 0 fully saturated rings. The van der Waals surface area contributed by atoms with Crippen molar-refractivity contribution in [2.75, 3.05) is 0 Å². The molecule has 4 aromatic rings. The lowest BCUT2D eigenvalue weighted by molar-refractivity contribution is 0.832. The molecule has 0 atom stereocenters. The van der Waals surface area contributed by atoms with Crippen LogP contribution in [0.2, 0.25) is 0 Å². The Hall–Kier alpha value is -3.50. The fraction of sp³-hybridized carbons (Fsp3) is 0.0526. The van der Waals surface area contributed by atoms with Gasteiger partial charge < -0.3 is 4.57 Å². The number of nitrogens with zero attached hydrogens (tertiary/aromatic N) is 5. The van der Waals surface area contributed by atoms with E-state index >= 15 is 0 Å². The number of H-pyrrole nitrogens is 1. The fourth-order valence-corrected chi connectivity index (χ4v) is 3.06. The van der Waals surface area contributed by atoms with Crippen molar-refractivity contribution >= 4 is 29.3 Å². The molecule has 0 saturated carbocycles. The van der Waals surface area contributed by atoms with Crippen LogP contribution in [-0.2, 0) is 6.54 Å². The van der Waals surface area contributed by atoms with Crippen LogP contribution in [-0.4, -0.2) is 25.7 Å². The van der Waals surface area contributed by atoms with Gasteiger partial charge in [-0.05, 0) is 29.9 Å². The maximum atomic E-state index is 9.33. The summed E-state index contributed by atoms with van der Waals surface area (Å²) in [6.45, 7) is 0.614. The minimum absolute atomic E-state index is 0.438. The molecule has 0 saturated heterocycles. The molecule has 2 aromatic carbocycles. The van der Waals surface area contributed by atoms with Gasteiger partial charge >= 0.3 is 0 Å². The molecule has 0 radical (unpaired) electrons. The van der Waals surface area contributed by atoms with E-state index in [1.165, 1.54) is 11.0 Å². The summed E-state index contributed by atoms with van der Waals surface area (Å²) in [6.07, 6.45) is 5.33. The molecule has 2 aromatic heterocycles. The monoisotopic (exact) mass is 358 g/mol. The molecule has 0 aliphatic heterocycles. The van der Waals surface area contributed by atoms with E-state index in [2.05, 4.69) is 38.1 Å². The second-order valence-electron chi connectivity index (χ2n) is 5.75. The van der Waals surface area contributed by atoms with Crippen LogP contribution in [0.5, 0.6) is 0 Å². The van der Waals surface area contributed by atoms with E-state index in [1.807, 2.05) is 42.6 Å². The number of para-hydroxylation sites is 1. The number of aromatic nitrogens is 4. The lowest BCUT2D eigenvalue weighted by Crippen LogP contribution is -2.00. The molecule has 26 heavy (non-hydrogen) atoms. The van der Waals surface area contributed by atoms with E-state index in [0.717, 1.165) is 22.0 Å². The number of benzene rings is 2. The van der Waals surface area contributed by atoms with E-state index in [0.29, 0.717) is 16.9 Å². The molecule has 0 bridgehead atoms. The standard InChI is InChI=1S/C19H14N6S/c20-9-14-5-1-2-6-15(14)11-24-12-16(17-7-3-4-8-18(17)24)10-22-25-13-21-23-19(25)26/h1-8,10,12-13H,11H2,(H,23,26)/b22-10+. The molecule has 7 heteroatoms. The van der Waals surface area contributed by atoms with Gasteiger partial charge in [-0.1, -0.05) is 36.4 Å². The first-order chi connectivity index (χ1) is 12.8. The largest absolute Gasteiger partial charge is 0.342 e. The SMILES string of the molecule is N#Cc1ccccc1Cn1cc(/C=N/n2cn[nH]c2=S)c2ccccc21. The van der Waals surface area contributed by atoms with Crippen molar-refractivity contribution in [3.8, 4) is 6.07 Å². The zero-order chi connectivity index (χ0) is 17.9. The average molecular weight is 358 g/mol. The van der Waals surface area contributed by atoms with E-state index < -0.39 is 0 Å². The summed E-state index contributed by atoms with van der Waals surface area (Å²) in [4.78, 5) is 0. The topological polar surface area (TPSA) is 74.7 Å². The normalized spacial score (nSPS) is 11.2. The summed E-state index contributed by atoms with van der Waals surface area (Å²) in [6, 6.07) is 18.0. The number of hydrogen-bond acceptors (Lipinski definition) is 4. The highest BCUT2D eigenvalue weighted by atomic mass is 32.1. The highest BCUT2D eigenvalue weighted by Gasteiger charge is 2.09. The summed E-state index contributed by atoms with van der Waals surface area (Å²) < 4.78 is 4.07. The maximum absolute atomic E-state index is 9.33. The van der Waals surface area contributed by atoms with E-state index in [4.69, 9.17) is 12.2 Å². The molecule has 6 nitrogen and oxygen atoms in total. The highest BCUT2D eigenvalue weighted by Crippen LogP contribution is 2.22. The van der Waals surface area contributed by atoms with Crippen LogP contribution in [0.25, 0.3) is 10.9 Å². The second kappa shape index (κ2) is 6.78. The maximum Gasteiger partial charge on any atom is 0.216 e. The highest BCUT2D eigenvalue weighted by molar-refractivity contribution is 7.71. The summed E-state index contributed by atoms with van der Waals surface area (Å²) in [7, 11) is 0. The minimum atomic E-state index is 0.438. The first-order valence-corrected chi connectivity index (χ1v) is 8.39. The number of aromatic amines is 1. The Balaban J connectivity index is 1.77. The van der Waals surface area contributed by atoms with Crippen LogP contribution in [0, 0.1) is 16.1 Å². The zero-order valence-corrected chi connectivity index (χ0v) is 14.5. The van der Waals surface area contributed by atoms with Gasteiger partial charge in [-0.25, -0.2) is 0 Å². The molecule has 1 N–H and O–H groups in total. The number of hydrogen-bond donors (Lipinski definition) is 1. The Kier molecular flexibility index (Phi) is 4.17. The number of fused-ring (bicyclic) bond motifs is 1. The van der Waals surface area contributed by atoms with Gasteiger partial charge in [0.1, 0.15) is 6.33 Å². The first-order valence-electron chi connectivity index (χ1n) is 7.98. The third kappa shape index (κ3) is 2.94. The van der Waals surface area contributed by atoms with Crippen LogP contribution in [0.3, 0.4) is 0 Å².